The van der Waals surface area contributed by atoms with Crippen molar-refractivity contribution in [3.63, 3.8) is 0 Å². The first kappa shape index (κ1) is 13.6. The van der Waals surface area contributed by atoms with Gasteiger partial charge in [-0.1, -0.05) is 17.7 Å². The van der Waals surface area contributed by atoms with Crippen LogP contribution < -0.4 is 10.0 Å². The van der Waals surface area contributed by atoms with Gasteiger partial charge in [0.15, 0.2) is 0 Å². The number of benzene rings is 1. The van der Waals surface area contributed by atoms with E-state index in [4.69, 9.17) is 17.3 Å². The Morgan fingerprint density at radius 3 is 2.68 bits per heavy atom. The number of halogens is 1. The average Bonchev–Trinajstić information content (AvgIpc) is 2.38. The van der Waals surface area contributed by atoms with Gasteiger partial charge in [0.05, 0.1) is 22.5 Å². The van der Waals surface area contributed by atoms with E-state index >= 15 is 0 Å². The molecule has 0 fully saturated rings. The van der Waals surface area contributed by atoms with Crippen LogP contribution in [0.1, 0.15) is 0 Å². The lowest BCUT2D eigenvalue weighted by atomic mass is 10.3. The number of nitrogen functional groups attached to an aromatic ring is 1. The highest BCUT2D eigenvalue weighted by Gasteiger charge is 2.22. The van der Waals surface area contributed by atoms with Crippen LogP contribution in [-0.4, -0.2) is 20.4 Å². The number of anilines is 2. The number of nitrogens with zero attached hydrogens (tertiary/aromatic N) is 2. The summed E-state index contributed by atoms with van der Waals surface area (Å²) in [5.74, 6) is 0. The largest absolute Gasteiger partial charge is 0.396 e. The molecule has 0 saturated carbocycles. The lowest BCUT2D eigenvalue weighted by Gasteiger charge is -2.20. The fourth-order valence-electron chi connectivity index (χ4n) is 1.60. The van der Waals surface area contributed by atoms with Crippen LogP contribution in [0.3, 0.4) is 0 Å². The van der Waals surface area contributed by atoms with E-state index in [0.717, 1.165) is 4.31 Å². The maximum atomic E-state index is 12.4. The third-order valence-electron chi connectivity index (χ3n) is 2.62. The molecule has 0 bridgehead atoms. The smallest absolute Gasteiger partial charge is 0.264 e. The van der Waals surface area contributed by atoms with Crippen molar-refractivity contribution in [1.82, 2.24) is 4.98 Å². The van der Waals surface area contributed by atoms with E-state index in [2.05, 4.69) is 4.98 Å². The fourth-order valence-corrected chi connectivity index (χ4v) is 3.12. The Bertz CT molecular complexity index is 704. The summed E-state index contributed by atoms with van der Waals surface area (Å²) in [7, 11) is -2.26. The van der Waals surface area contributed by atoms with Gasteiger partial charge in [0.1, 0.15) is 0 Å². The molecule has 2 aromatic rings. The van der Waals surface area contributed by atoms with E-state index in [9.17, 15) is 8.42 Å². The Morgan fingerprint density at radius 1 is 1.32 bits per heavy atom. The highest BCUT2D eigenvalue weighted by Crippen LogP contribution is 2.27. The standard InChI is InChI=1S/C12H12ClN3O2S/c1-16(12-5-6-15-8-11(12)14)19(17,18)10-4-2-3-9(13)7-10/h2-8H,14H2,1H3. The van der Waals surface area contributed by atoms with E-state index < -0.39 is 10.0 Å². The molecule has 0 aliphatic heterocycles. The summed E-state index contributed by atoms with van der Waals surface area (Å²) in [5, 5.41) is 0.358. The summed E-state index contributed by atoms with van der Waals surface area (Å²) in [6.07, 6.45) is 2.88. The SMILES string of the molecule is CN(c1ccncc1N)S(=O)(=O)c1cccc(Cl)c1. The van der Waals surface area contributed by atoms with Crippen LogP contribution in [0.15, 0.2) is 47.6 Å². The van der Waals surface area contributed by atoms with Gasteiger partial charge in [-0.25, -0.2) is 8.42 Å². The van der Waals surface area contributed by atoms with Gasteiger partial charge in [0.2, 0.25) is 0 Å². The predicted molar refractivity (Wildman–Crippen MR) is 75.7 cm³/mol. The van der Waals surface area contributed by atoms with Gasteiger partial charge in [0, 0.05) is 18.3 Å². The number of pyridine rings is 1. The summed E-state index contributed by atoms with van der Waals surface area (Å²) in [6, 6.07) is 7.61. The van der Waals surface area contributed by atoms with E-state index in [0.29, 0.717) is 10.7 Å². The van der Waals surface area contributed by atoms with Crippen LogP contribution >= 0.6 is 11.6 Å². The summed E-state index contributed by atoms with van der Waals surface area (Å²) >= 11 is 5.82. The van der Waals surface area contributed by atoms with Crippen LogP contribution in [0.25, 0.3) is 0 Å². The molecule has 7 heteroatoms. The first-order valence-corrected chi connectivity index (χ1v) is 7.18. The lowest BCUT2D eigenvalue weighted by molar-refractivity contribution is 0.594. The number of rotatable bonds is 3. The van der Waals surface area contributed by atoms with Crippen LogP contribution in [0, 0.1) is 0 Å². The molecule has 0 amide bonds. The molecule has 0 unspecified atom stereocenters. The molecule has 100 valence electrons. The minimum atomic E-state index is -3.70. The maximum Gasteiger partial charge on any atom is 0.264 e. The quantitative estimate of drug-likeness (QED) is 0.941. The third kappa shape index (κ3) is 2.64. The van der Waals surface area contributed by atoms with Crippen molar-refractivity contribution in [2.75, 3.05) is 17.1 Å². The number of hydrogen-bond donors (Lipinski definition) is 1. The number of hydrogen-bond acceptors (Lipinski definition) is 4. The average molecular weight is 298 g/mol. The van der Waals surface area contributed by atoms with Crippen molar-refractivity contribution in [3.05, 3.63) is 47.7 Å². The highest BCUT2D eigenvalue weighted by atomic mass is 35.5. The van der Waals surface area contributed by atoms with Crippen molar-refractivity contribution < 1.29 is 8.42 Å². The van der Waals surface area contributed by atoms with E-state index in [-0.39, 0.29) is 10.6 Å². The van der Waals surface area contributed by atoms with Crippen molar-refractivity contribution in [3.8, 4) is 0 Å². The molecule has 0 atom stereocenters. The van der Waals surface area contributed by atoms with Gasteiger partial charge in [0.25, 0.3) is 10.0 Å². The van der Waals surface area contributed by atoms with Gasteiger partial charge in [-0.2, -0.15) is 0 Å². The van der Waals surface area contributed by atoms with Crippen LogP contribution in [0.2, 0.25) is 5.02 Å². The molecule has 1 heterocycles. The molecule has 0 radical (unpaired) electrons. The molecule has 0 aliphatic carbocycles. The highest BCUT2D eigenvalue weighted by molar-refractivity contribution is 7.92. The third-order valence-corrected chi connectivity index (χ3v) is 4.62. The molecule has 0 saturated heterocycles. The van der Waals surface area contributed by atoms with Crippen molar-refractivity contribution in [2.24, 2.45) is 0 Å². The molecule has 2 N–H and O–H groups in total. The topological polar surface area (TPSA) is 76.3 Å². The summed E-state index contributed by atoms with van der Waals surface area (Å²) in [5.41, 5.74) is 6.39. The monoisotopic (exact) mass is 297 g/mol. The second-order valence-corrected chi connectivity index (χ2v) is 6.27. The van der Waals surface area contributed by atoms with Gasteiger partial charge in [-0.15, -0.1) is 0 Å². The second kappa shape index (κ2) is 5.07. The normalized spacial score (nSPS) is 11.3. The summed E-state index contributed by atoms with van der Waals surface area (Å²) in [4.78, 5) is 3.94. The van der Waals surface area contributed by atoms with E-state index in [1.165, 1.54) is 37.6 Å². The molecule has 2 rings (SSSR count). The molecule has 19 heavy (non-hydrogen) atoms. The Kier molecular flexibility index (Phi) is 3.64. The Hall–Kier alpha value is -1.79. The van der Waals surface area contributed by atoms with Gasteiger partial charge in [-0.3, -0.25) is 9.29 Å². The van der Waals surface area contributed by atoms with Crippen LogP contribution in [-0.2, 0) is 10.0 Å². The molecule has 1 aromatic carbocycles. The number of sulfonamides is 1. The van der Waals surface area contributed by atoms with Gasteiger partial charge < -0.3 is 5.73 Å². The first-order valence-electron chi connectivity index (χ1n) is 5.37. The zero-order valence-electron chi connectivity index (χ0n) is 10.1. The predicted octanol–water partition coefficient (Wildman–Crippen LogP) is 2.14. The number of nitrogens with two attached hydrogens (primary N) is 1. The van der Waals surface area contributed by atoms with E-state index in [1.54, 1.807) is 12.1 Å². The van der Waals surface area contributed by atoms with Crippen LogP contribution in [0.4, 0.5) is 11.4 Å². The van der Waals surface area contributed by atoms with Gasteiger partial charge >= 0.3 is 0 Å². The second-order valence-electron chi connectivity index (χ2n) is 3.86. The summed E-state index contributed by atoms with van der Waals surface area (Å²) < 4.78 is 26.0. The molecule has 1 aromatic heterocycles. The zero-order chi connectivity index (χ0) is 14.0. The van der Waals surface area contributed by atoms with E-state index in [1.807, 2.05) is 0 Å². The molecule has 0 aliphatic rings. The number of aromatic nitrogens is 1. The van der Waals surface area contributed by atoms with Crippen molar-refractivity contribution in [2.45, 2.75) is 4.90 Å². The van der Waals surface area contributed by atoms with Gasteiger partial charge in [-0.05, 0) is 24.3 Å². The maximum absolute atomic E-state index is 12.4. The molecular formula is C12H12ClN3O2S. The zero-order valence-corrected chi connectivity index (χ0v) is 11.7. The Morgan fingerprint density at radius 2 is 2.05 bits per heavy atom. The Balaban J connectivity index is 2.49. The first-order chi connectivity index (χ1) is 8.93. The summed E-state index contributed by atoms with van der Waals surface area (Å²) in [6.45, 7) is 0. The minimum absolute atomic E-state index is 0.110. The van der Waals surface area contributed by atoms with Crippen LogP contribution in [0.5, 0.6) is 0 Å². The lowest BCUT2D eigenvalue weighted by Crippen LogP contribution is -2.27. The molecular weight excluding hydrogens is 286 g/mol. The molecule has 0 spiro atoms. The van der Waals surface area contributed by atoms with Crippen molar-refractivity contribution in [1.29, 1.82) is 0 Å². The fraction of sp³-hybridized carbons (Fsp3) is 0.0833. The minimum Gasteiger partial charge on any atom is -0.396 e. The molecule has 5 nitrogen and oxygen atoms in total. The Labute approximate surface area is 116 Å². The van der Waals surface area contributed by atoms with Crippen molar-refractivity contribution >= 4 is 33.0 Å².